The molecule has 1 N–H and O–H groups in total. The molecule has 3 aliphatic heterocycles. The Balaban J connectivity index is 0.00000225. The predicted molar refractivity (Wildman–Crippen MR) is 122 cm³/mol. The average molecular weight is 500 g/mol. The van der Waals surface area contributed by atoms with E-state index in [0.717, 1.165) is 71.7 Å². The van der Waals surface area contributed by atoms with Gasteiger partial charge in [-0.05, 0) is 24.0 Å². The van der Waals surface area contributed by atoms with Crippen molar-refractivity contribution in [1.82, 2.24) is 15.1 Å². The van der Waals surface area contributed by atoms with Crippen molar-refractivity contribution in [3.63, 3.8) is 0 Å². The van der Waals surface area contributed by atoms with E-state index in [1.165, 1.54) is 24.0 Å². The third kappa shape index (κ3) is 5.37. The number of hydrogen-bond acceptors (Lipinski definition) is 4. The molecular formula is C21H33IN4O2. The number of nitrogens with zero attached hydrogens (tertiary/aromatic N) is 3. The summed E-state index contributed by atoms with van der Waals surface area (Å²) in [6.45, 7) is 9.50. The van der Waals surface area contributed by atoms with Crippen molar-refractivity contribution in [3.05, 3.63) is 35.4 Å². The molecule has 1 unspecified atom stereocenters. The molecule has 3 fully saturated rings. The minimum Gasteiger partial charge on any atom is -0.381 e. The molecule has 1 aromatic carbocycles. The Hall–Kier alpha value is -0.900. The van der Waals surface area contributed by atoms with Gasteiger partial charge in [0.1, 0.15) is 0 Å². The molecule has 0 aromatic heterocycles. The zero-order valence-electron chi connectivity index (χ0n) is 16.9. The summed E-state index contributed by atoms with van der Waals surface area (Å²) in [7, 11) is 1.88. The van der Waals surface area contributed by atoms with Gasteiger partial charge in [-0.2, -0.15) is 0 Å². The van der Waals surface area contributed by atoms with Gasteiger partial charge in [0.2, 0.25) is 0 Å². The van der Waals surface area contributed by atoms with Crippen LogP contribution in [0.25, 0.3) is 0 Å². The average Bonchev–Trinajstić information content (AvgIpc) is 3.34. The highest BCUT2D eigenvalue weighted by molar-refractivity contribution is 14.0. The Morgan fingerprint density at radius 3 is 2.68 bits per heavy atom. The molecule has 7 heteroatoms. The molecule has 6 nitrogen and oxygen atoms in total. The highest BCUT2D eigenvalue weighted by atomic mass is 127. The Bertz CT molecular complexity index is 658. The summed E-state index contributed by atoms with van der Waals surface area (Å²) in [5.74, 6) is 1.01. The smallest absolute Gasteiger partial charge is 0.193 e. The Labute approximate surface area is 185 Å². The van der Waals surface area contributed by atoms with Gasteiger partial charge in [-0.3, -0.25) is 9.89 Å². The van der Waals surface area contributed by atoms with Crippen LogP contribution in [0.1, 0.15) is 24.0 Å². The first kappa shape index (κ1) is 21.8. The number of likely N-dealkylation sites (tertiary alicyclic amines) is 1. The fourth-order valence-electron chi connectivity index (χ4n) is 4.46. The minimum atomic E-state index is 0. The van der Waals surface area contributed by atoms with Gasteiger partial charge >= 0.3 is 0 Å². The number of aliphatic imine (C=N–C) groups is 1. The van der Waals surface area contributed by atoms with E-state index in [-0.39, 0.29) is 24.0 Å². The molecule has 1 aromatic rings. The molecule has 0 saturated carbocycles. The lowest BCUT2D eigenvalue weighted by Gasteiger charge is -2.27. The van der Waals surface area contributed by atoms with Crippen LogP contribution in [0, 0.1) is 5.41 Å². The largest absolute Gasteiger partial charge is 0.381 e. The first-order valence-corrected chi connectivity index (χ1v) is 10.2. The summed E-state index contributed by atoms with van der Waals surface area (Å²) in [6.07, 6.45) is 2.40. The van der Waals surface area contributed by atoms with Gasteiger partial charge in [-0.25, -0.2) is 0 Å². The molecule has 3 saturated heterocycles. The van der Waals surface area contributed by atoms with Gasteiger partial charge < -0.3 is 19.7 Å². The number of morpholine rings is 1. The maximum Gasteiger partial charge on any atom is 0.193 e. The van der Waals surface area contributed by atoms with E-state index in [1.54, 1.807) is 0 Å². The van der Waals surface area contributed by atoms with Crippen LogP contribution in [0.15, 0.2) is 29.3 Å². The van der Waals surface area contributed by atoms with Gasteiger partial charge in [-0.15, -0.1) is 24.0 Å². The number of halogens is 1. The number of rotatable bonds is 4. The van der Waals surface area contributed by atoms with Crippen molar-refractivity contribution in [2.75, 3.05) is 59.7 Å². The normalized spacial score (nSPS) is 25.9. The first-order chi connectivity index (χ1) is 13.3. The minimum absolute atomic E-state index is 0. The Morgan fingerprint density at radius 2 is 1.93 bits per heavy atom. The van der Waals surface area contributed by atoms with Crippen LogP contribution in [-0.4, -0.2) is 75.4 Å². The maximum absolute atomic E-state index is 5.65. The van der Waals surface area contributed by atoms with E-state index >= 15 is 0 Å². The summed E-state index contributed by atoms with van der Waals surface area (Å²) in [4.78, 5) is 9.38. The summed E-state index contributed by atoms with van der Waals surface area (Å²) >= 11 is 0. The third-order valence-electron chi connectivity index (χ3n) is 6.09. The number of nitrogens with one attached hydrogen (secondary N) is 1. The molecule has 1 atom stereocenters. The summed E-state index contributed by atoms with van der Waals surface area (Å²) in [6, 6.07) is 8.89. The number of guanidine groups is 1. The van der Waals surface area contributed by atoms with Gasteiger partial charge in [0.15, 0.2) is 5.96 Å². The molecule has 4 rings (SSSR count). The molecule has 28 heavy (non-hydrogen) atoms. The van der Waals surface area contributed by atoms with Crippen LogP contribution in [-0.2, 0) is 22.6 Å². The van der Waals surface area contributed by atoms with Crippen molar-refractivity contribution in [3.8, 4) is 0 Å². The molecule has 0 aliphatic carbocycles. The topological polar surface area (TPSA) is 49.3 Å². The maximum atomic E-state index is 5.65. The zero-order chi connectivity index (χ0) is 18.5. The molecular weight excluding hydrogens is 467 g/mol. The van der Waals surface area contributed by atoms with Crippen molar-refractivity contribution >= 4 is 29.9 Å². The summed E-state index contributed by atoms with van der Waals surface area (Å²) in [5.41, 5.74) is 3.03. The van der Waals surface area contributed by atoms with Crippen LogP contribution >= 0.6 is 24.0 Å². The SMILES string of the molecule is CN=C(NCc1cccc(CN2CCOCC2)c1)N1CCC2(CCOC2)C1.I. The Morgan fingerprint density at radius 1 is 1.11 bits per heavy atom. The van der Waals surface area contributed by atoms with Gasteiger partial charge in [0.05, 0.1) is 19.8 Å². The standard InChI is InChI=1S/C21H32N4O2.HI/c1-22-20(25-7-5-21(16-25)6-10-27-17-21)23-14-18-3-2-4-19(13-18)15-24-8-11-26-12-9-24;/h2-4,13H,5-12,14-17H2,1H3,(H,22,23);1H. The molecule has 0 bridgehead atoms. The van der Waals surface area contributed by atoms with Crippen molar-refractivity contribution in [2.45, 2.75) is 25.9 Å². The fourth-order valence-corrected chi connectivity index (χ4v) is 4.46. The molecule has 0 amide bonds. The zero-order valence-corrected chi connectivity index (χ0v) is 19.2. The second kappa shape index (κ2) is 10.2. The molecule has 3 aliphatic rings. The van der Waals surface area contributed by atoms with Gasteiger partial charge in [0, 0.05) is 58.3 Å². The van der Waals surface area contributed by atoms with Crippen LogP contribution in [0.4, 0.5) is 0 Å². The van der Waals surface area contributed by atoms with Crippen molar-refractivity contribution < 1.29 is 9.47 Å². The summed E-state index contributed by atoms with van der Waals surface area (Å²) < 4.78 is 11.1. The van der Waals surface area contributed by atoms with Crippen LogP contribution < -0.4 is 5.32 Å². The molecule has 3 heterocycles. The van der Waals surface area contributed by atoms with Crippen LogP contribution in [0.2, 0.25) is 0 Å². The van der Waals surface area contributed by atoms with Gasteiger partial charge in [0.25, 0.3) is 0 Å². The highest BCUT2D eigenvalue weighted by Gasteiger charge is 2.42. The monoisotopic (exact) mass is 500 g/mol. The first-order valence-electron chi connectivity index (χ1n) is 10.2. The fraction of sp³-hybridized carbons (Fsp3) is 0.667. The number of benzene rings is 1. The number of ether oxygens (including phenoxy) is 2. The lowest BCUT2D eigenvalue weighted by molar-refractivity contribution is 0.0342. The quantitative estimate of drug-likeness (QED) is 0.391. The second-order valence-corrected chi connectivity index (χ2v) is 8.08. The molecule has 156 valence electrons. The lowest BCUT2D eigenvalue weighted by Crippen LogP contribution is -2.41. The number of hydrogen-bond donors (Lipinski definition) is 1. The van der Waals surface area contributed by atoms with E-state index in [0.29, 0.717) is 5.41 Å². The predicted octanol–water partition coefficient (Wildman–Crippen LogP) is 2.32. The van der Waals surface area contributed by atoms with Crippen molar-refractivity contribution in [2.24, 2.45) is 10.4 Å². The van der Waals surface area contributed by atoms with E-state index < -0.39 is 0 Å². The van der Waals surface area contributed by atoms with E-state index in [4.69, 9.17) is 9.47 Å². The van der Waals surface area contributed by atoms with E-state index in [9.17, 15) is 0 Å². The third-order valence-corrected chi connectivity index (χ3v) is 6.09. The molecule has 1 spiro atoms. The highest BCUT2D eigenvalue weighted by Crippen LogP contribution is 2.38. The lowest BCUT2D eigenvalue weighted by atomic mass is 9.87. The van der Waals surface area contributed by atoms with E-state index in [1.807, 2.05) is 7.05 Å². The van der Waals surface area contributed by atoms with E-state index in [2.05, 4.69) is 44.4 Å². The van der Waals surface area contributed by atoms with Crippen molar-refractivity contribution in [1.29, 1.82) is 0 Å². The molecule has 0 radical (unpaired) electrons. The van der Waals surface area contributed by atoms with Gasteiger partial charge in [-0.1, -0.05) is 24.3 Å². The Kier molecular flexibility index (Phi) is 7.96. The van der Waals surface area contributed by atoms with Crippen LogP contribution in [0.3, 0.4) is 0 Å². The summed E-state index contributed by atoms with van der Waals surface area (Å²) in [5, 5.41) is 3.57. The second-order valence-electron chi connectivity index (χ2n) is 8.08. The van der Waals surface area contributed by atoms with Crippen LogP contribution in [0.5, 0.6) is 0 Å².